The number of esters is 1. The minimum atomic E-state index is -0.480. The molecule has 0 amide bonds. The summed E-state index contributed by atoms with van der Waals surface area (Å²) in [6, 6.07) is 2.81. The van der Waals surface area contributed by atoms with Crippen LogP contribution in [0.2, 0.25) is 0 Å². The number of rotatable bonds is 8. The molecule has 0 spiro atoms. The van der Waals surface area contributed by atoms with Gasteiger partial charge in [0.25, 0.3) is 5.56 Å². The summed E-state index contributed by atoms with van der Waals surface area (Å²) in [5.41, 5.74) is 5.68. The minimum Gasteiger partial charge on any atom is -0.462 e. The molecule has 0 atom stereocenters. The van der Waals surface area contributed by atoms with Gasteiger partial charge in [-0.1, -0.05) is 13.3 Å². The number of hydrogen-bond donors (Lipinski definition) is 1. The Labute approximate surface area is 112 Å². The van der Waals surface area contributed by atoms with Crippen LogP contribution in [-0.4, -0.2) is 30.4 Å². The molecule has 0 saturated heterocycles. The summed E-state index contributed by atoms with van der Waals surface area (Å²) in [7, 11) is 0. The lowest BCUT2D eigenvalue weighted by Gasteiger charge is -2.07. The quantitative estimate of drug-likeness (QED) is 0.556. The van der Waals surface area contributed by atoms with Crippen LogP contribution in [0, 0.1) is 0 Å². The van der Waals surface area contributed by atoms with E-state index in [0.717, 1.165) is 12.8 Å². The Hall–Kier alpha value is -1.82. The zero-order chi connectivity index (χ0) is 14.1. The van der Waals surface area contributed by atoms with E-state index in [1.54, 1.807) is 0 Å². The molecule has 19 heavy (non-hydrogen) atoms. The zero-order valence-electron chi connectivity index (χ0n) is 11.1. The van der Waals surface area contributed by atoms with E-state index in [9.17, 15) is 9.59 Å². The molecular weight excluding hydrogens is 248 g/mol. The first-order chi connectivity index (χ1) is 9.13. The van der Waals surface area contributed by atoms with Crippen LogP contribution < -0.4 is 11.3 Å². The third kappa shape index (κ3) is 6.05. The molecule has 1 heterocycles. The molecule has 0 aromatic carbocycles. The summed E-state index contributed by atoms with van der Waals surface area (Å²) in [5, 5.41) is 0. The second kappa shape index (κ2) is 8.31. The Balaban J connectivity index is 2.27. The van der Waals surface area contributed by atoms with Gasteiger partial charge in [0.1, 0.15) is 13.2 Å². The number of nitrogens with zero attached hydrogens (tertiary/aromatic N) is 1. The van der Waals surface area contributed by atoms with E-state index in [2.05, 4.69) is 6.92 Å². The van der Waals surface area contributed by atoms with Crippen molar-refractivity contribution < 1.29 is 14.3 Å². The van der Waals surface area contributed by atoms with Gasteiger partial charge in [0.05, 0.1) is 6.61 Å². The molecule has 2 N–H and O–H groups in total. The van der Waals surface area contributed by atoms with Gasteiger partial charge >= 0.3 is 5.97 Å². The third-order valence-electron chi connectivity index (χ3n) is 2.44. The third-order valence-corrected chi connectivity index (χ3v) is 2.44. The Morgan fingerprint density at radius 1 is 1.32 bits per heavy atom. The summed E-state index contributed by atoms with van der Waals surface area (Å²) >= 11 is 0. The van der Waals surface area contributed by atoms with E-state index in [-0.39, 0.29) is 18.7 Å². The lowest BCUT2D eigenvalue weighted by molar-refractivity contribution is -0.146. The summed E-state index contributed by atoms with van der Waals surface area (Å²) in [6.07, 6.45) is 3.48. The van der Waals surface area contributed by atoms with Crippen molar-refractivity contribution in [1.29, 1.82) is 0 Å². The van der Waals surface area contributed by atoms with Crippen LogP contribution >= 0.6 is 0 Å². The highest BCUT2D eigenvalue weighted by molar-refractivity contribution is 5.69. The van der Waals surface area contributed by atoms with Gasteiger partial charge in [0.2, 0.25) is 0 Å². The first-order valence-electron chi connectivity index (χ1n) is 6.33. The molecule has 1 aromatic heterocycles. The summed E-state index contributed by atoms with van der Waals surface area (Å²) < 4.78 is 11.4. The van der Waals surface area contributed by atoms with Crippen LogP contribution in [0.5, 0.6) is 0 Å². The fourth-order valence-corrected chi connectivity index (χ4v) is 1.42. The topological polar surface area (TPSA) is 83.6 Å². The van der Waals surface area contributed by atoms with Crippen LogP contribution in [-0.2, 0) is 20.8 Å². The van der Waals surface area contributed by atoms with Crippen molar-refractivity contribution >= 4 is 11.7 Å². The van der Waals surface area contributed by atoms with E-state index >= 15 is 0 Å². The largest absolute Gasteiger partial charge is 0.462 e. The Morgan fingerprint density at radius 3 is 2.84 bits per heavy atom. The maximum absolute atomic E-state index is 11.5. The van der Waals surface area contributed by atoms with Crippen molar-refractivity contribution in [2.75, 3.05) is 25.6 Å². The first-order valence-corrected chi connectivity index (χ1v) is 6.33. The number of carbonyl (C=O) groups excluding carboxylic acids is 1. The smallest absolute Gasteiger partial charge is 0.326 e. The maximum Gasteiger partial charge on any atom is 0.326 e. The van der Waals surface area contributed by atoms with Crippen LogP contribution in [0.15, 0.2) is 23.1 Å². The normalized spacial score (nSPS) is 10.4. The van der Waals surface area contributed by atoms with Gasteiger partial charge in [-0.15, -0.1) is 0 Å². The van der Waals surface area contributed by atoms with E-state index in [4.69, 9.17) is 15.2 Å². The maximum atomic E-state index is 11.5. The number of anilines is 1. The Morgan fingerprint density at radius 2 is 2.11 bits per heavy atom. The Bertz CT molecular complexity index is 456. The lowest BCUT2D eigenvalue weighted by Crippen LogP contribution is -2.25. The van der Waals surface area contributed by atoms with Crippen LogP contribution in [0.3, 0.4) is 0 Å². The molecule has 0 radical (unpaired) electrons. The summed E-state index contributed by atoms with van der Waals surface area (Å²) in [4.78, 5) is 22.9. The van der Waals surface area contributed by atoms with Gasteiger partial charge in [-0.05, 0) is 12.5 Å². The number of pyridine rings is 1. The van der Waals surface area contributed by atoms with Gasteiger partial charge in [-0.25, -0.2) is 0 Å². The molecule has 0 aliphatic carbocycles. The fourth-order valence-electron chi connectivity index (χ4n) is 1.42. The number of ether oxygens (including phenoxy) is 2. The molecule has 1 rings (SSSR count). The first kappa shape index (κ1) is 15.2. The van der Waals surface area contributed by atoms with Crippen LogP contribution in [0.25, 0.3) is 0 Å². The number of carbonyl (C=O) groups is 1. The van der Waals surface area contributed by atoms with E-state index < -0.39 is 5.97 Å². The summed E-state index contributed by atoms with van der Waals surface area (Å²) in [5.74, 6) is -0.480. The monoisotopic (exact) mass is 268 g/mol. The summed E-state index contributed by atoms with van der Waals surface area (Å²) in [6.45, 7) is 3.17. The van der Waals surface area contributed by atoms with Crippen molar-refractivity contribution in [3.05, 3.63) is 28.7 Å². The van der Waals surface area contributed by atoms with E-state index in [1.807, 2.05) is 0 Å². The molecule has 6 nitrogen and oxygen atoms in total. The molecular formula is C13H20N2O4. The van der Waals surface area contributed by atoms with E-state index in [1.165, 1.54) is 22.9 Å². The number of nitrogens with two attached hydrogens (primary N) is 1. The van der Waals surface area contributed by atoms with Crippen LogP contribution in [0.4, 0.5) is 5.69 Å². The fraction of sp³-hybridized carbons (Fsp3) is 0.538. The van der Waals surface area contributed by atoms with Crippen molar-refractivity contribution in [1.82, 2.24) is 4.57 Å². The van der Waals surface area contributed by atoms with Crippen molar-refractivity contribution in [2.45, 2.75) is 26.3 Å². The zero-order valence-corrected chi connectivity index (χ0v) is 11.1. The second-order valence-corrected chi connectivity index (χ2v) is 4.11. The van der Waals surface area contributed by atoms with Gasteiger partial charge in [0.15, 0.2) is 0 Å². The highest BCUT2D eigenvalue weighted by Crippen LogP contribution is 1.96. The molecule has 0 unspecified atom stereocenters. The average molecular weight is 268 g/mol. The average Bonchev–Trinajstić information content (AvgIpc) is 2.38. The van der Waals surface area contributed by atoms with Crippen LogP contribution in [0.1, 0.15) is 19.8 Å². The predicted octanol–water partition coefficient (Wildman–Crippen LogP) is 0.790. The minimum absolute atomic E-state index is 0.140. The highest BCUT2D eigenvalue weighted by Gasteiger charge is 2.05. The lowest BCUT2D eigenvalue weighted by atomic mass is 10.4. The van der Waals surface area contributed by atoms with Crippen molar-refractivity contribution in [3.8, 4) is 0 Å². The van der Waals surface area contributed by atoms with Gasteiger partial charge < -0.3 is 19.8 Å². The molecule has 0 aliphatic rings. The number of aromatic nitrogens is 1. The van der Waals surface area contributed by atoms with Gasteiger partial charge in [0, 0.05) is 24.6 Å². The number of unbranched alkanes of at least 4 members (excludes halogenated alkanes) is 1. The SMILES string of the molecule is CCCCOCCOC(=O)Cn1cc(N)ccc1=O. The highest BCUT2D eigenvalue weighted by atomic mass is 16.6. The molecule has 0 saturated carbocycles. The standard InChI is InChI=1S/C13H20N2O4/c1-2-3-6-18-7-8-19-13(17)10-15-9-11(14)4-5-12(15)16/h4-5,9H,2-3,6-8,10,14H2,1H3. The van der Waals surface area contributed by atoms with Gasteiger partial charge in [-0.3, -0.25) is 9.59 Å². The molecule has 0 bridgehead atoms. The van der Waals surface area contributed by atoms with Crippen molar-refractivity contribution in [3.63, 3.8) is 0 Å². The molecule has 0 fully saturated rings. The molecule has 1 aromatic rings. The molecule has 6 heteroatoms. The number of nitrogen functional groups attached to an aromatic ring is 1. The van der Waals surface area contributed by atoms with Crippen molar-refractivity contribution in [2.24, 2.45) is 0 Å². The predicted molar refractivity (Wildman–Crippen MR) is 71.8 cm³/mol. The number of hydrogen-bond acceptors (Lipinski definition) is 5. The van der Waals surface area contributed by atoms with E-state index in [0.29, 0.717) is 18.9 Å². The van der Waals surface area contributed by atoms with Gasteiger partial charge in [-0.2, -0.15) is 0 Å². The second-order valence-electron chi connectivity index (χ2n) is 4.11. The Kier molecular flexibility index (Phi) is 6.67. The molecule has 106 valence electrons. The molecule has 0 aliphatic heterocycles.